The van der Waals surface area contributed by atoms with E-state index in [0.29, 0.717) is 17.4 Å². The largest absolute Gasteiger partial charge is 0.472 e. The Morgan fingerprint density at radius 3 is 1.15 bits per heavy atom. The summed E-state index contributed by atoms with van der Waals surface area (Å²) in [5.41, 5.74) is 0. The number of unbranched alkanes of at least 4 members (excludes halogenated alkanes) is 28. The molecule has 0 saturated heterocycles. The third-order valence-corrected chi connectivity index (χ3v) is 15.9. The molecule has 2 N–H and O–H groups in total. The number of ether oxygens (including phenoxy) is 1. The highest BCUT2D eigenvalue weighted by Gasteiger charge is 2.30. The SMILES string of the molecule is CC/C=C\C/C=C\C/C=C\C/C=C\C/C=C\C/C=C\CCCCCCCCCCC(=O)NC(COP(=O)(O)OCC[N+](C)(C)C)C(/C=C\CCCCCCCCCCCCC)OC(=O)CCCCCCCC/C=C\C/C=C\C/C=C\CCCCC. The minimum atomic E-state index is -4.47. The molecule has 0 aliphatic heterocycles. The Labute approximate surface area is 524 Å². The van der Waals surface area contributed by atoms with Gasteiger partial charge in [0.2, 0.25) is 5.91 Å². The number of esters is 1. The van der Waals surface area contributed by atoms with E-state index in [-0.39, 0.29) is 31.5 Å². The average molecular weight is 1200 g/mol. The molecule has 85 heavy (non-hydrogen) atoms. The fourth-order valence-electron chi connectivity index (χ4n) is 9.54. The van der Waals surface area contributed by atoms with Gasteiger partial charge in [0.1, 0.15) is 19.3 Å². The van der Waals surface area contributed by atoms with Gasteiger partial charge in [0.25, 0.3) is 0 Å². The van der Waals surface area contributed by atoms with Crippen molar-refractivity contribution in [2.24, 2.45) is 0 Å². The third-order valence-electron chi connectivity index (χ3n) is 14.9. The molecule has 0 bridgehead atoms. The summed E-state index contributed by atoms with van der Waals surface area (Å²) < 4.78 is 30.8. The standard InChI is InChI=1S/C75H131N2O7P/c1-7-10-13-16-19-22-25-28-30-32-34-35-36-37-38-39-40-41-43-44-46-49-52-55-58-61-64-67-74(78)76-72(71-83-85(80,81)82-70-69-77(4,5)6)73(66-63-60-57-54-51-48-27-24-21-18-15-12-9-3)84-75(79)68-65-62-59-56-53-50-47-45-42-33-31-29-26-23-20-17-14-11-8-2/h10,13,19-20,22-23,28-31,34-35,37-38,40-42,45,63,66,72-73H,7-9,11-12,14-18,21,24-27,32-33,36,39,43-44,46-62,64-65,67-71H2,1-6H3,(H-,76,78,80,81)/p+1/b13-10-,22-19-,23-20-,30-28-,31-29-,35-34-,38-37-,41-40-,45-42-,66-63-. The smallest absolute Gasteiger partial charge is 0.456 e. The Bertz CT molecular complexity index is 1870. The van der Waals surface area contributed by atoms with Crippen LogP contribution in [0.4, 0.5) is 0 Å². The summed E-state index contributed by atoms with van der Waals surface area (Å²) in [7, 11) is 1.47. The van der Waals surface area contributed by atoms with Gasteiger partial charge in [-0.2, -0.15) is 0 Å². The van der Waals surface area contributed by atoms with Crippen LogP contribution < -0.4 is 5.32 Å². The second-order valence-corrected chi connectivity index (χ2v) is 25.8. The Balaban J connectivity index is 5.17. The molecule has 0 fully saturated rings. The molecule has 1 amide bonds. The number of nitrogens with one attached hydrogen (secondary N) is 1. The molecule has 3 atom stereocenters. The molecule has 10 heteroatoms. The van der Waals surface area contributed by atoms with Crippen molar-refractivity contribution in [3.05, 3.63) is 122 Å². The van der Waals surface area contributed by atoms with Gasteiger partial charge in [0.05, 0.1) is 33.8 Å². The molecule has 0 aliphatic rings. The van der Waals surface area contributed by atoms with Gasteiger partial charge in [0, 0.05) is 12.8 Å². The topological polar surface area (TPSA) is 111 Å². The van der Waals surface area contributed by atoms with Crippen molar-refractivity contribution < 1.29 is 37.3 Å². The van der Waals surface area contributed by atoms with E-state index in [2.05, 4.69) is 135 Å². The van der Waals surface area contributed by atoms with Crippen molar-refractivity contribution in [3.8, 4) is 0 Å². The first kappa shape index (κ1) is 81.4. The van der Waals surface area contributed by atoms with E-state index in [1.165, 1.54) is 122 Å². The summed E-state index contributed by atoms with van der Waals surface area (Å²) in [6.07, 6.45) is 89.1. The van der Waals surface area contributed by atoms with Crippen molar-refractivity contribution in [2.45, 2.75) is 303 Å². The van der Waals surface area contributed by atoms with Crippen LogP contribution >= 0.6 is 7.82 Å². The van der Waals surface area contributed by atoms with Crippen LogP contribution in [0, 0.1) is 0 Å². The maximum atomic E-state index is 13.6. The molecule has 0 spiro atoms. The number of hydrogen-bond donors (Lipinski definition) is 2. The van der Waals surface area contributed by atoms with Crippen LogP contribution in [-0.2, 0) is 27.9 Å². The Kier molecular flexibility index (Phi) is 60.8. The number of allylic oxidation sites excluding steroid dienone is 19. The van der Waals surface area contributed by atoms with Crippen molar-refractivity contribution in [1.82, 2.24) is 5.32 Å². The van der Waals surface area contributed by atoms with Gasteiger partial charge < -0.3 is 19.4 Å². The molecule has 0 aromatic carbocycles. The Morgan fingerprint density at radius 1 is 0.424 bits per heavy atom. The lowest BCUT2D eigenvalue weighted by molar-refractivity contribution is -0.870. The van der Waals surface area contributed by atoms with Gasteiger partial charge in [-0.1, -0.05) is 277 Å². The van der Waals surface area contributed by atoms with E-state index < -0.39 is 20.0 Å². The zero-order chi connectivity index (χ0) is 62.1. The minimum absolute atomic E-state index is 0.0303. The van der Waals surface area contributed by atoms with Crippen molar-refractivity contribution in [2.75, 3.05) is 40.9 Å². The van der Waals surface area contributed by atoms with Crippen LogP contribution in [-0.4, -0.2) is 74.3 Å². The monoisotopic (exact) mass is 1200 g/mol. The first-order chi connectivity index (χ1) is 41.4. The quantitative estimate of drug-likeness (QED) is 0.0205. The number of carbonyl (C=O) groups is 2. The fraction of sp³-hybridized carbons (Fsp3) is 0.707. The molecule has 0 radical (unpaired) electrons. The highest BCUT2D eigenvalue weighted by atomic mass is 31.2. The number of rotatable bonds is 62. The summed E-state index contributed by atoms with van der Waals surface area (Å²) >= 11 is 0. The van der Waals surface area contributed by atoms with Crippen LogP contribution in [0.2, 0.25) is 0 Å². The van der Waals surface area contributed by atoms with Gasteiger partial charge in [-0.3, -0.25) is 18.6 Å². The zero-order valence-corrected chi connectivity index (χ0v) is 56.7. The number of nitrogens with zero attached hydrogens (tertiary/aromatic N) is 1. The highest BCUT2D eigenvalue weighted by molar-refractivity contribution is 7.47. The number of amides is 1. The lowest BCUT2D eigenvalue weighted by atomic mass is 10.0. The number of hydrogen-bond acceptors (Lipinski definition) is 6. The van der Waals surface area contributed by atoms with E-state index in [1.807, 2.05) is 33.3 Å². The van der Waals surface area contributed by atoms with E-state index in [9.17, 15) is 19.0 Å². The lowest BCUT2D eigenvalue weighted by Gasteiger charge is -2.27. The van der Waals surface area contributed by atoms with Gasteiger partial charge in [-0.25, -0.2) is 4.57 Å². The first-order valence-corrected chi connectivity index (χ1v) is 36.4. The van der Waals surface area contributed by atoms with Crippen LogP contribution in [0.1, 0.15) is 290 Å². The molecule has 3 unspecified atom stereocenters. The van der Waals surface area contributed by atoms with Gasteiger partial charge in [0.15, 0.2) is 0 Å². The molecular weight excluding hydrogens is 1070 g/mol. The normalized spacial score (nSPS) is 14.3. The van der Waals surface area contributed by atoms with Gasteiger partial charge in [-0.15, -0.1) is 0 Å². The van der Waals surface area contributed by atoms with E-state index in [4.69, 9.17) is 13.8 Å². The molecule has 488 valence electrons. The summed E-state index contributed by atoms with van der Waals surface area (Å²) in [6.45, 7) is 6.86. The number of likely N-dealkylation sites (N-methyl/N-ethyl adjacent to an activating group) is 1. The Morgan fingerprint density at radius 2 is 0.753 bits per heavy atom. The maximum absolute atomic E-state index is 13.6. The Hall–Kier alpha value is -3.59. The summed E-state index contributed by atoms with van der Waals surface area (Å²) in [5.74, 6) is -0.531. The second-order valence-electron chi connectivity index (χ2n) is 24.3. The van der Waals surface area contributed by atoms with Crippen LogP contribution in [0.15, 0.2) is 122 Å². The van der Waals surface area contributed by atoms with E-state index >= 15 is 0 Å². The van der Waals surface area contributed by atoms with Crippen molar-refractivity contribution in [1.29, 1.82) is 0 Å². The molecule has 0 aromatic rings. The second kappa shape index (κ2) is 63.4. The highest BCUT2D eigenvalue weighted by Crippen LogP contribution is 2.43. The van der Waals surface area contributed by atoms with Crippen molar-refractivity contribution >= 4 is 19.7 Å². The van der Waals surface area contributed by atoms with E-state index in [0.717, 1.165) is 135 Å². The molecular formula is C75H132N2O7P+. The molecule has 0 aromatic heterocycles. The molecule has 0 rings (SSSR count). The van der Waals surface area contributed by atoms with Gasteiger partial charge in [-0.05, 0) is 122 Å². The minimum Gasteiger partial charge on any atom is -0.456 e. The van der Waals surface area contributed by atoms with Crippen LogP contribution in [0.5, 0.6) is 0 Å². The van der Waals surface area contributed by atoms with Crippen LogP contribution in [0.25, 0.3) is 0 Å². The number of quaternary nitrogens is 1. The molecule has 0 heterocycles. The lowest BCUT2D eigenvalue weighted by Crippen LogP contribution is -2.47. The zero-order valence-electron chi connectivity index (χ0n) is 55.8. The average Bonchev–Trinajstić information content (AvgIpc) is 3.53. The number of carbonyl (C=O) groups excluding carboxylic acids is 2. The molecule has 0 saturated carbocycles. The van der Waals surface area contributed by atoms with Crippen LogP contribution in [0.3, 0.4) is 0 Å². The molecule has 0 aliphatic carbocycles. The summed E-state index contributed by atoms with van der Waals surface area (Å²) in [4.78, 5) is 37.9. The predicted octanol–water partition coefficient (Wildman–Crippen LogP) is 22.2. The maximum Gasteiger partial charge on any atom is 0.472 e. The molecule has 9 nitrogen and oxygen atoms in total. The van der Waals surface area contributed by atoms with E-state index in [1.54, 1.807) is 0 Å². The number of phosphoric ester groups is 1. The first-order valence-electron chi connectivity index (χ1n) is 34.9. The summed E-state index contributed by atoms with van der Waals surface area (Å²) in [5, 5.41) is 3.06. The summed E-state index contributed by atoms with van der Waals surface area (Å²) in [6, 6.07) is -0.868. The third kappa shape index (κ3) is 64.7. The fourth-order valence-corrected chi connectivity index (χ4v) is 10.3. The van der Waals surface area contributed by atoms with Gasteiger partial charge >= 0.3 is 13.8 Å². The number of phosphoric acid groups is 1. The predicted molar refractivity (Wildman–Crippen MR) is 369 cm³/mol. The van der Waals surface area contributed by atoms with Crippen molar-refractivity contribution in [3.63, 3.8) is 0 Å².